The molecule has 0 atom stereocenters. The number of hydrogen-bond donors (Lipinski definition) is 2. The molecular weight excluding hydrogens is 224 g/mol. The van der Waals surface area contributed by atoms with Crippen molar-refractivity contribution in [2.24, 2.45) is 11.7 Å². The van der Waals surface area contributed by atoms with Crippen LogP contribution in [0.25, 0.3) is 0 Å². The Kier molecular flexibility index (Phi) is 3.89. The first-order chi connectivity index (χ1) is 8.15. The fourth-order valence-corrected chi connectivity index (χ4v) is 2.18. The summed E-state index contributed by atoms with van der Waals surface area (Å²) in [7, 11) is 0. The van der Waals surface area contributed by atoms with E-state index >= 15 is 0 Å². The van der Waals surface area contributed by atoms with Gasteiger partial charge in [0.1, 0.15) is 5.82 Å². The van der Waals surface area contributed by atoms with Gasteiger partial charge in [0, 0.05) is 18.7 Å². The zero-order valence-electron chi connectivity index (χ0n) is 9.63. The van der Waals surface area contributed by atoms with Crippen LogP contribution in [0.5, 0.6) is 0 Å². The lowest BCUT2D eigenvalue weighted by atomic mass is 9.86. The van der Waals surface area contributed by atoms with Gasteiger partial charge in [-0.3, -0.25) is 0 Å². The van der Waals surface area contributed by atoms with Gasteiger partial charge in [-0.25, -0.2) is 13.8 Å². The number of aromatic nitrogens is 1. The third-order valence-corrected chi connectivity index (χ3v) is 3.26. The highest BCUT2D eigenvalue weighted by atomic mass is 19.1. The van der Waals surface area contributed by atoms with Crippen LogP contribution < -0.4 is 11.1 Å². The lowest BCUT2D eigenvalue weighted by Gasteiger charge is -2.26. The van der Waals surface area contributed by atoms with E-state index in [0.717, 1.165) is 37.9 Å². The second-order valence-corrected chi connectivity index (χ2v) is 4.65. The summed E-state index contributed by atoms with van der Waals surface area (Å²) in [5, 5.41) is 2.93. The van der Waals surface area contributed by atoms with Gasteiger partial charge in [0.05, 0.1) is 6.20 Å². The Labute approximate surface area is 99.4 Å². The molecule has 0 amide bonds. The topological polar surface area (TPSA) is 50.9 Å². The number of nitrogens with one attached hydrogen (secondary N) is 1. The molecule has 0 spiro atoms. The van der Waals surface area contributed by atoms with Gasteiger partial charge in [-0.05, 0) is 31.6 Å². The molecule has 2 rings (SSSR count). The predicted molar refractivity (Wildman–Crippen MR) is 62.6 cm³/mol. The monoisotopic (exact) mass is 241 g/mol. The highest BCUT2D eigenvalue weighted by Crippen LogP contribution is 2.23. The maximum atomic E-state index is 13.3. The molecule has 3 N–H and O–H groups in total. The smallest absolute Gasteiger partial charge is 0.168 e. The number of nitrogens with zero attached hydrogens (tertiary/aromatic N) is 1. The van der Waals surface area contributed by atoms with Crippen LogP contribution in [0.4, 0.5) is 14.6 Å². The van der Waals surface area contributed by atoms with E-state index in [1.54, 1.807) is 0 Å². The molecule has 1 fully saturated rings. The first kappa shape index (κ1) is 12.2. The third-order valence-electron chi connectivity index (χ3n) is 3.26. The molecule has 0 unspecified atom stereocenters. The summed E-state index contributed by atoms with van der Waals surface area (Å²) >= 11 is 0. The quantitative estimate of drug-likeness (QED) is 0.853. The van der Waals surface area contributed by atoms with Crippen molar-refractivity contribution < 1.29 is 8.78 Å². The van der Waals surface area contributed by atoms with Crippen molar-refractivity contribution in [2.45, 2.75) is 31.7 Å². The van der Waals surface area contributed by atoms with Crippen molar-refractivity contribution in [2.75, 3.05) is 11.9 Å². The van der Waals surface area contributed by atoms with Crippen LogP contribution >= 0.6 is 0 Å². The van der Waals surface area contributed by atoms with Gasteiger partial charge in [0.25, 0.3) is 0 Å². The average Bonchev–Trinajstić information content (AvgIpc) is 2.30. The van der Waals surface area contributed by atoms with Gasteiger partial charge in [-0.1, -0.05) is 0 Å². The summed E-state index contributed by atoms with van der Waals surface area (Å²) in [6.07, 6.45) is 5.16. The summed E-state index contributed by atoms with van der Waals surface area (Å²) in [5.74, 6) is -0.670. The summed E-state index contributed by atoms with van der Waals surface area (Å²) in [5.41, 5.74) is 5.81. The first-order valence-corrected chi connectivity index (χ1v) is 5.95. The van der Waals surface area contributed by atoms with Crippen LogP contribution in [0, 0.1) is 17.6 Å². The number of anilines is 1. The number of halogens is 2. The van der Waals surface area contributed by atoms with Gasteiger partial charge in [-0.2, -0.15) is 0 Å². The van der Waals surface area contributed by atoms with Crippen LogP contribution in [0.1, 0.15) is 25.7 Å². The summed E-state index contributed by atoms with van der Waals surface area (Å²) < 4.78 is 25.9. The average molecular weight is 241 g/mol. The van der Waals surface area contributed by atoms with Gasteiger partial charge in [0.15, 0.2) is 11.6 Å². The lowest BCUT2D eigenvalue weighted by molar-refractivity contribution is 0.338. The van der Waals surface area contributed by atoms with Crippen LogP contribution in [-0.4, -0.2) is 17.6 Å². The molecule has 1 saturated carbocycles. The minimum atomic E-state index is -0.656. The molecule has 3 nitrogen and oxygen atoms in total. The molecule has 0 aromatic carbocycles. The highest BCUT2D eigenvalue weighted by Gasteiger charge is 2.18. The van der Waals surface area contributed by atoms with Crippen molar-refractivity contribution >= 4 is 5.82 Å². The van der Waals surface area contributed by atoms with E-state index in [4.69, 9.17) is 5.73 Å². The standard InChI is InChI=1S/C12H17F2N3/c13-9-5-11(14)12(17-7-9)16-6-8-1-3-10(15)4-2-8/h5,7-8,10H,1-4,6,15H2,(H,16,17). The molecule has 1 heterocycles. The molecule has 1 aromatic rings. The third kappa shape index (κ3) is 3.36. The molecule has 0 aliphatic heterocycles. The Bertz CT molecular complexity index is 376. The Morgan fingerprint density at radius 1 is 1.29 bits per heavy atom. The van der Waals surface area contributed by atoms with Gasteiger partial charge in [-0.15, -0.1) is 0 Å². The predicted octanol–water partition coefficient (Wildman–Crippen LogP) is 2.29. The molecule has 0 radical (unpaired) electrons. The number of rotatable bonds is 3. The van der Waals surface area contributed by atoms with E-state index in [-0.39, 0.29) is 5.82 Å². The van der Waals surface area contributed by atoms with Crippen LogP contribution in [0.15, 0.2) is 12.3 Å². The van der Waals surface area contributed by atoms with Crippen molar-refractivity contribution in [3.05, 3.63) is 23.9 Å². The molecular formula is C12H17F2N3. The van der Waals surface area contributed by atoms with Crippen molar-refractivity contribution in [1.29, 1.82) is 0 Å². The van der Waals surface area contributed by atoms with Crippen molar-refractivity contribution in [3.8, 4) is 0 Å². The summed E-state index contributed by atoms with van der Waals surface area (Å²) in [6.45, 7) is 0.669. The van der Waals surface area contributed by atoms with Crippen LogP contribution in [-0.2, 0) is 0 Å². The molecule has 5 heteroatoms. The zero-order chi connectivity index (χ0) is 12.3. The number of pyridine rings is 1. The molecule has 94 valence electrons. The van der Waals surface area contributed by atoms with E-state index in [1.165, 1.54) is 0 Å². The Morgan fingerprint density at radius 3 is 2.65 bits per heavy atom. The number of nitrogens with two attached hydrogens (primary N) is 1. The second kappa shape index (κ2) is 5.40. The molecule has 17 heavy (non-hydrogen) atoms. The highest BCUT2D eigenvalue weighted by molar-refractivity contribution is 5.35. The van der Waals surface area contributed by atoms with E-state index in [2.05, 4.69) is 10.3 Å². The first-order valence-electron chi connectivity index (χ1n) is 5.95. The van der Waals surface area contributed by atoms with Crippen LogP contribution in [0.2, 0.25) is 0 Å². The zero-order valence-corrected chi connectivity index (χ0v) is 9.63. The van der Waals surface area contributed by atoms with Gasteiger partial charge < -0.3 is 11.1 Å². The summed E-state index contributed by atoms with van der Waals surface area (Å²) in [4.78, 5) is 3.69. The molecule has 1 aliphatic rings. The molecule has 1 aromatic heterocycles. The Balaban J connectivity index is 1.85. The molecule has 1 aliphatic carbocycles. The maximum absolute atomic E-state index is 13.3. The lowest BCUT2D eigenvalue weighted by Crippen LogP contribution is -2.29. The van der Waals surface area contributed by atoms with Gasteiger partial charge in [0.2, 0.25) is 0 Å². The van der Waals surface area contributed by atoms with Crippen molar-refractivity contribution in [1.82, 2.24) is 4.98 Å². The van der Waals surface area contributed by atoms with Gasteiger partial charge >= 0.3 is 0 Å². The Morgan fingerprint density at radius 2 is 2.00 bits per heavy atom. The minimum Gasteiger partial charge on any atom is -0.367 e. The van der Waals surface area contributed by atoms with E-state index in [1.807, 2.05) is 0 Å². The SMILES string of the molecule is NC1CCC(CNc2ncc(F)cc2F)CC1. The largest absolute Gasteiger partial charge is 0.367 e. The van der Waals surface area contributed by atoms with E-state index < -0.39 is 11.6 Å². The summed E-state index contributed by atoms with van der Waals surface area (Å²) in [6, 6.07) is 1.15. The number of hydrogen-bond acceptors (Lipinski definition) is 3. The second-order valence-electron chi connectivity index (χ2n) is 4.65. The molecule has 0 saturated heterocycles. The fraction of sp³-hybridized carbons (Fsp3) is 0.583. The fourth-order valence-electron chi connectivity index (χ4n) is 2.18. The molecule has 0 bridgehead atoms. The van der Waals surface area contributed by atoms with Crippen molar-refractivity contribution in [3.63, 3.8) is 0 Å². The maximum Gasteiger partial charge on any atom is 0.168 e. The van der Waals surface area contributed by atoms with Crippen LogP contribution in [0.3, 0.4) is 0 Å². The normalized spacial score (nSPS) is 24.6. The van der Waals surface area contributed by atoms with E-state index in [0.29, 0.717) is 18.5 Å². The Hall–Kier alpha value is -1.23. The minimum absolute atomic E-state index is 0.126. The van der Waals surface area contributed by atoms with E-state index in [9.17, 15) is 8.78 Å².